The molecule has 0 N–H and O–H groups in total. The highest BCUT2D eigenvalue weighted by molar-refractivity contribution is 9.10. The Morgan fingerprint density at radius 2 is 1.95 bits per heavy atom. The number of ketones is 1. The number of halogens is 3. The highest BCUT2D eigenvalue weighted by Gasteiger charge is 2.08. The summed E-state index contributed by atoms with van der Waals surface area (Å²) in [6.07, 6.45) is 0. The minimum absolute atomic E-state index is 0.0235. The van der Waals surface area contributed by atoms with Crippen LogP contribution in [0.2, 0.25) is 0 Å². The lowest BCUT2D eigenvalue weighted by molar-refractivity contribution is 0.101. The molecule has 0 heterocycles. The summed E-state index contributed by atoms with van der Waals surface area (Å²) in [5.74, 6) is -1.21. The first kappa shape index (κ1) is 14.7. The summed E-state index contributed by atoms with van der Waals surface area (Å²) in [6, 6.07) is 8.32. The summed E-state index contributed by atoms with van der Waals surface area (Å²) in [6.45, 7) is 1.40. The summed E-state index contributed by atoms with van der Waals surface area (Å²) in [5.41, 5.74) is 0.857. The highest BCUT2D eigenvalue weighted by Crippen LogP contribution is 2.21. The zero-order valence-electron chi connectivity index (χ0n) is 10.6. The lowest BCUT2D eigenvalue weighted by atomic mass is 10.1. The molecule has 20 heavy (non-hydrogen) atoms. The first-order chi connectivity index (χ1) is 9.45. The third kappa shape index (κ3) is 3.63. The summed E-state index contributed by atoms with van der Waals surface area (Å²) in [5, 5.41) is 0. The fourth-order valence-electron chi connectivity index (χ4n) is 1.69. The number of benzene rings is 2. The molecule has 2 aromatic carbocycles. The van der Waals surface area contributed by atoms with Crippen LogP contribution in [-0.4, -0.2) is 5.78 Å². The van der Waals surface area contributed by atoms with Crippen molar-refractivity contribution in [3.05, 3.63) is 63.6 Å². The van der Waals surface area contributed by atoms with Crippen LogP contribution >= 0.6 is 15.9 Å². The zero-order chi connectivity index (χ0) is 14.7. The summed E-state index contributed by atoms with van der Waals surface area (Å²) in [7, 11) is 0. The fourth-order valence-corrected chi connectivity index (χ4v) is 2.20. The summed E-state index contributed by atoms with van der Waals surface area (Å²) >= 11 is 3.17. The molecule has 0 aromatic heterocycles. The van der Waals surface area contributed by atoms with Crippen molar-refractivity contribution >= 4 is 21.7 Å². The number of rotatable bonds is 4. The second kappa shape index (κ2) is 6.13. The Bertz CT molecular complexity index is 636. The van der Waals surface area contributed by atoms with Crippen molar-refractivity contribution in [2.45, 2.75) is 13.5 Å². The van der Waals surface area contributed by atoms with Gasteiger partial charge in [-0.25, -0.2) is 8.78 Å². The molecule has 0 aliphatic carbocycles. The van der Waals surface area contributed by atoms with Gasteiger partial charge in [-0.2, -0.15) is 0 Å². The zero-order valence-corrected chi connectivity index (χ0v) is 12.2. The first-order valence-electron chi connectivity index (χ1n) is 5.84. The largest absolute Gasteiger partial charge is 0.486 e. The van der Waals surface area contributed by atoms with Gasteiger partial charge in [0.1, 0.15) is 12.4 Å². The van der Waals surface area contributed by atoms with Gasteiger partial charge in [0.2, 0.25) is 0 Å². The van der Waals surface area contributed by atoms with E-state index >= 15 is 0 Å². The molecule has 0 bridgehead atoms. The van der Waals surface area contributed by atoms with Gasteiger partial charge in [0.05, 0.1) is 0 Å². The fraction of sp³-hybridized carbons (Fsp3) is 0.133. The van der Waals surface area contributed by atoms with Gasteiger partial charge < -0.3 is 4.74 Å². The minimum atomic E-state index is -0.617. The Hall–Kier alpha value is -1.75. The molecule has 2 aromatic rings. The molecule has 0 spiro atoms. The van der Waals surface area contributed by atoms with Crippen LogP contribution in [0.25, 0.3) is 0 Å². The maximum Gasteiger partial charge on any atom is 0.165 e. The van der Waals surface area contributed by atoms with Crippen molar-refractivity contribution in [3.8, 4) is 5.75 Å². The van der Waals surface area contributed by atoms with Gasteiger partial charge in [-0.05, 0) is 48.9 Å². The third-order valence-electron chi connectivity index (χ3n) is 2.66. The molecule has 0 radical (unpaired) electrons. The number of carbonyl (C=O) groups excluding carboxylic acids is 1. The number of hydrogen-bond acceptors (Lipinski definition) is 2. The number of ether oxygens (including phenoxy) is 1. The molecule has 0 saturated carbocycles. The van der Waals surface area contributed by atoms with Gasteiger partial charge in [0.25, 0.3) is 0 Å². The first-order valence-corrected chi connectivity index (χ1v) is 6.63. The summed E-state index contributed by atoms with van der Waals surface area (Å²) in [4.78, 5) is 11.1. The van der Waals surface area contributed by atoms with Crippen LogP contribution < -0.4 is 4.74 Å². The molecule has 104 valence electrons. The third-order valence-corrected chi connectivity index (χ3v) is 3.11. The standard InChI is InChI=1S/C15H11BrF2O2/c1-9(19)11-2-3-15(14(18)6-11)20-8-10-4-12(16)7-13(17)5-10/h2-7H,8H2,1H3. The van der Waals surface area contributed by atoms with Crippen molar-refractivity contribution in [3.63, 3.8) is 0 Å². The van der Waals surface area contributed by atoms with Crippen LogP contribution in [-0.2, 0) is 6.61 Å². The normalized spacial score (nSPS) is 10.4. The number of hydrogen-bond donors (Lipinski definition) is 0. The summed E-state index contributed by atoms with van der Waals surface area (Å²) < 4.78 is 32.8. The van der Waals surface area contributed by atoms with E-state index in [9.17, 15) is 13.6 Å². The van der Waals surface area contributed by atoms with Crippen molar-refractivity contribution < 1.29 is 18.3 Å². The van der Waals surface area contributed by atoms with Gasteiger partial charge in [-0.3, -0.25) is 4.79 Å². The van der Waals surface area contributed by atoms with Crippen LogP contribution in [0.15, 0.2) is 40.9 Å². The van der Waals surface area contributed by atoms with E-state index in [2.05, 4.69) is 15.9 Å². The minimum Gasteiger partial charge on any atom is -0.486 e. The van der Waals surface area contributed by atoms with E-state index in [0.717, 1.165) is 6.07 Å². The van der Waals surface area contributed by atoms with Gasteiger partial charge in [-0.1, -0.05) is 15.9 Å². The van der Waals surface area contributed by atoms with Crippen LogP contribution in [0, 0.1) is 11.6 Å². The predicted octanol–water partition coefficient (Wildman–Crippen LogP) is 4.51. The Labute approximate surface area is 123 Å². The van der Waals surface area contributed by atoms with Crippen molar-refractivity contribution in [2.75, 3.05) is 0 Å². The average molecular weight is 341 g/mol. The topological polar surface area (TPSA) is 26.3 Å². The smallest absolute Gasteiger partial charge is 0.165 e. The quantitative estimate of drug-likeness (QED) is 0.765. The maximum absolute atomic E-state index is 13.7. The molecule has 0 saturated heterocycles. The molecule has 0 aliphatic heterocycles. The molecule has 2 nitrogen and oxygen atoms in total. The van der Waals surface area contributed by atoms with E-state index in [1.165, 1.54) is 31.2 Å². The lowest BCUT2D eigenvalue weighted by Gasteiger charge is -2.08. The van der Waals surface area contributed by atoms with E-state index in [1.807, 2.05) is 0 Å². The van der Waals surface area contributed by atoms with Crippen LogP contribution in [0.3, 0.4) is 0 Å². The van der Waals surface area contributed by atoms with Crippen LogP contribution in [0.1, 0.15) is 22.8 Å². The van der Waals surface area contributed by atoms with Gasteiger partial charge in [-0.15, -0.1) is 0 Å². The van der Waals surface area contributed by atoms with Gasteiger partial charge >= 0.3 is 0 Å². The van der Waals surface area contributed by atoms with Gasteiger partial charge in [0, 0.05) is 10.0 Å². The Kier molecular flexibility index (Phi) is 4.49. The second-order valence-corrected chi connectivity index (χ2v) is 5.18. The molecular weight excluding hydrogens is 330 g/mol. The predicted molar refractivity (Wildman–Crippen MR) is 74.8 cm³/mol. The maximum atomic E-state index is 13.7. The van der Waals surface area contributed by atoms with Crippen molar-refractivity contribution in [2.24, 2.45) is 0 Å². The van der Waals surface area contributed by atoms with E-state index in [0.29, 0.717) is 10.0 Å². The monoisotopic (exact) mass is 340 g/mol. The second-order valence-electron chi connectivity index (χ2n) is 4.27. The van der Waals surface area contributed by atoms with E-state index in [4.69, 9.17) is 4.74 Å². The SMILES string of the molecule is CC(=O)c1ccc(OCc2cc(F)cc(Br)c2)c(F)c1. The average Bonchev–Trinajstić information content (AvgIpc) is 2.36. The van der Waals surface area contributed by atoms with Crippen LogP contribution in [0.4, 0.5) is 8.78 Å². The number of carbonyl (C=O) groups is 1. The van der Waals surface area contributed by atoms with Crippen molar-refractivity contribution in [1.29, 1.82) is 0 Å². The van der Waals surface area contributed by atoms with Crippen molar-refractivity contribution in [1.82, 2.24) is 0 Å². The molecule has 0 amide bonds. The molecule has 0 fully saturated rings. The molecule has 0 atom stereocenters. The molecule has 2 rings (SSSR count). The highest BCUT2D eigenvalue weighted by atomic mass is 79.9. The van der Waals surface area contributed by atoms with E-state index < -0.39 is 11.6 Å². The molecular formula is C15H11BrF2O2. The number of Topliss-reactive ketones (excluding diaryl/α,β-unsaturated/α-hetero) is 1. The molecule has 0 unspecified atom stereocenters. The lowest BCUT2D eigenvalue weighted by Crippen LogP contribution is -2.00. The van der Waals surface area contributed by atoms with Gasteiger partial charge in [0.15, 0.2) is 17.3 Å². The van der Waals surface area contributed by atoms with E-state index in [-0.39, 0.29) is 23.7 Å². The van der Waals surface area contributed by atoms with E-state index in [1.54, 1.807) is 6.07 Å². The van der Waals surface area contributed by atoms with Crippen LogP contribution in [0.5, 0.6) is 5.75 Å². The Morgan fingerprint density at radius 3 is 2.55 bits per heavy atom. The Morgan fingerprint density at radius 1 is 1.20 bits per heavy atom. The molecule has 0 aliphatic rings. The molecule has 5 heteroatoms. The Balaban J connectivity index is 2.12.